The average Bonchev–Trinajstić information content (AvgIpc) is 2.27. The van der Waals surface area contributed by atoms with E-state index in [0.29, 0.717) is 6.61 Å². The third kappa shape index (κ3) is 3.90. The Morgan fingerprint density at radius 2 is 2.06 bits per heavy atom. The lowest BCUT2D eigenvalue weighted by Gasteiger charge is -2.13. The zero-order valence-corrected chi connectivity index (χ0v) is 9.69. The SMILES string of the molecule is CCOc1ccc(C(C)NCC(N)=O)cc1. The average molecular weight is 222 g/mol. The summed E-state index contributed by atoms with van der Waals surface area (Å²) in [5.74, 6) is 0.506. The van der Waals surface area contributed by atoms with Gasteiger partial charge in [-0.2, -0.15) is 0 Å². The van der Waals surface area contributed by atoms with Crippen LogP contribution in [0, 0.1) is 0 Å². The number of ether oxygens (including phenoxy) is 1. The van der Waals surface area contributed by atoms with Gasteiger partial charge in [0.05, 0.1) is 13.2 Å². The third-order valence-electron chi connectivity index (χ3n) is 2.27. The van der Waals surface area contributed by atoms with Crippen LogP contribution in [-0.4, -0.2) is 19.1 Å². The number of nitrogens with two attached hydrogens (primary N) is 1. The molecule has 16 heavy (non-hydrogen) atoms. The van der Waals surface area contributed by atoms with Crippen molar-refractivity contribution in [2.45, 2.75) is 19.9 Å². The van der Waals surface area contributed by atoms with E-state index in [9.17, 15) is 4.79 Å². The van der Waals surface area contributed by atoms with E-state index < -0.39 is 0 Å². The molecule has 0 saturated carbocycles. The molecule has 1 atom stereocenters. The lowest BCUT2D eigenvalue weighted by molar-refractivity contribution is -0.117. The van der Waals surface area contributed by atoms with Crippen LogP contribution in [0.3, 0.4) is 0 Å². The summed E-state index contributed by atoms with van der Waals surface area (Å²) >= 11 is 0. The van der Waals surface area contributed by atoms with Crippen molar-refractivity contribution in [2.75, 3.05) is 13.2 Å². The van der Waals surface area contributed by atoms with Crippen molar-refractivity contribution in [3.63, 3.8) is 0 Å². The molecule has 0 aromatic heterocycles. The van der Waals surface area contributed by atoms with Crippen molar-refractivity contribution in [2.24, 2.45) is 5.73 Å². The molecule has 1 amide bonds. The van der Waals surface area contributed by atoms with Gasteiger partial charge in [-0.1, -0.05) is 12.1 Å². The maximum absolute atomic E-state index is 10.6. The number of benzene rings is 1. The Labute approximate surface area is 95.8 Å². The van der Waals surface area contributed by atoms with E-state index in [-0.39, 0.29) is 18.5 Å². The monoisotopic (exact) mass is 222 g/mol. The molecule has 1 unspecified atom stereocenters. The molecule has 1 aromatic carbocycles. The molecule has 1 aromatic rings. The Balaban J connectivity index is 2.55. The minimum absolute atomic E-state index is 0.100. The Hall–Kier alpha value is -1.55. The minimum Gasteiger partial charge on any atom is -0.494 e. The molecule has 0 radical (unpaired) electrons. The summed E-state index contributed by atoms with van der Waals surface area (Å²) in [7, 11) is 0. The molecule has 0 aliphatic heterocycles. The Bertz CT molecular complexity index is 335. The van der Waals surface area contributed by atoms with Crippen LogP contribution >= 0.6 is 0 Å². The summed E-state index contributed by atoms with van der Waals surface area (Å²) < 4.78 is 5.34. The normalized spacial score (nSPS) is 12.1. The molecule has 4 nitrogen and oxygen atoms in total. The van der Waals surface area contributed by atoms with Crippen LogP contribution in [0.25, 0.3) is 0 Å². The first-order valence-electron chi connectivity index (χ1n) is 5.38. The first-order valence-corrected chi connectivity index (χ1v) is 5.38. The second-order valence-electron chi connectivity index (χ2n) is 3.57. The lowest BCUT2D eigenvalue weighted by Crippen LogP contribution is -2.30. The summed E-state index contributed by atoms with van der Waals surface area (Å²) in [6.45, 7) is 4.78. The van der Waals surface area contributed by atoms with E-state index in [2.05, 4.69) is 5.32 Å². The molecule has 3 N–H and O–H groups in total. The number of nitrogens with one attached hydrogen (secondary N) is 1. The highest BCUT2D eigenvalue weighted by atomic mass is 16.5. The molecular formula is C12H18N2O2. The van der Waals surface area contributed by atoms with Crippen LogP contribution in [0.15, 0.2) is 24.3 Å². The molecule has 0 fully saturated rings. The molecule has 0 bridgehead atoms. The number of primary amides is 1. The van der Waals surface area contributed by atoms with Gasteiger partial charge < -0.3 is 15.8 Å². The number of carbonyl (C=O) groups is 1. The van der Waals surface area contributed by atoms with E-state index in [4.69, 9.17) is 10.5 Å². The second kappa shape index (κ2) is 6.12. The number of hydrogen-bond acceptors (Lipinski definition) is 3. The molecule has 1 rings (SSSR count). The minimum atomic E-state index is -0.349. The topological polar surface area (TPSA) is 64.3 Å². The maximum Gasteiger partial charge on any atom is 0.231 e. The van der Waals surface area contributed by atoms with Crippen LogP contribution in [0.1, 0.15) is 25.5 Å². The molecule has 0 spiro atoms. The van der Waals surface area contributed by atoms with Gasteiger partial charge in [-0.3, -0.25) is 4.79 Å². The maximum atomic E-state index is 10.6. The predicted molar refractivity (Wildman–Crippen MR) is 63.2 cm³/mol. The zero-order chi connectivity index (χ0) is 12.0. The van der Waals surface area contributed by atoms with Crippen molar-refractivity contribution in [1.82, 2.24) is 5.32 Å². The van der Waals surface area contributed by atoms with Crippen LogP contribution in [0.2, 0.25) is 0 Å². The fourth-order valence-electron chi connectivity index (χ4n) is 1.39. The molecule has 88 valence electrons. The van der Waals surface area contributed by atoms with Crippen molar-refractivity contribution >= 4 is 5.91 Å². The highest BCUT2D eigenvalue weighted by Gasteiger charge is 2.05. The number of hydrogen-bond donors (Lipinski definition) is 2. The van der Waals surface area contributed by atoms with Gasteiger partial charge in [0.25, 0.3) is 0 Å². The summed E-state index contributed by atoms with van der Waals surface area (Å²) in [5, 5.41) is 3.03. The Morgan fingerprint density at radius 1 is 1.44 bits per heavy atom. The van der Waals surface area contributed by atoms with E-state index in [1.165, 1.54) is 0 Å². The highest BCUT2D eigenvalue weighted by Crippen LogP contribution is 2.17. The summed E-state index contributed by atoms with van der Waals surface area (Å²) in [5.41, 5.74) is 6.16. The molecular weight excluding hydrogens is 204 g/mol. The van der Waals surface area contributed by atoms with Gasteiger partial charge in [-0.25, -0.2) is 0 Å². The first-order chi connectivity index (χ1) is 7.63. The van der Waals surface area contributed by atoms with Gasteiger partial charge >= 0.3 is 0 Å². The van der Waals surface area contributed by atoms with E-state index >= 15 is 0 Å². The van der Waals surface area contributed by atoms with Crippen LogP contribution in [0.4, 0.5) is 0 Å². The van der Waals surface area contributed by atoms with Gasteiger partial charge in [-0.15, -0.1) is 0 Å². The standard InChI is InChI=1S/C12H18N2O2/c1-3-16-11-6-4-10(5-7-11)9(2)14-8-12(13)15/h4-7,9,14H,3,8H2,1-2H3,(H2,13,15). The summed E-state index contributed by atoms with van der Waals surface area (Å²) in [6, 6.07) is 7.89. The predicted octanol–water partition coefficient (Wildman–Crippen LogP) is 1.22. The van der Waals surface area contributed by atoms with Gasteiger partial charge in [-0.05, 0) is 31.5 Å². The molecule has 0 aliphatic carbocycles. The summed E-state index contributed by atoms with van der Waals surface area (Å²) in [4.78, 5) is 10.6. The number of rotatable bonds is 6. The molecule has 4 heteroatoms. The van der Waals surface area contributed by atoms with Gasteiger partial charge in [0, 0.05) is 6.04 Å². The van der Waals surface area contributed by atoms with Crippen molar-refractivity contribution in [3.05, 3.63) is 29.8 Å². The van der Waals surface area contributed by atoms with Gasteiger partial charge in [0.15, 0.2) is 0 Å². The molecule has 0 saturated heterocycles. The van der Waals surface area contributed by atoms with Gasteiger partial charge in [0.1, 0.15) is 5.75 Å². The smallest absolute Gasteiger partial charge is 0.231 e. The largest absolute Gasteiger partial charge is 0.494 e. The zero-order valence-electron chi connectivity index (χ0n) is 9.69. The van der Waals surface area contributed by atoms with Crippen LogP contribution < -0.4 is 15.8 Å². The van der Waals surface area contributed by atoms with Crippen LogP contribution in [0.5, 0.6) is 5.75 Å². The van der Waals surface area contributed by atoms with Crippen molar-refractivity contribution < 1.29 is 9.53 Å². The summed E-state index contributed by atoms with van der Waals surface area (Å²) in [6.07, 6.45) is 0. The van der Waals surface area contributed by atoms with Gasteiger partial charge in [0.2, 0.25) is 5.91 Å². The quantitative estimate of drug-likeness (QED) is 0.760. The third-order valence-corrected chi connectivity index (χ3v) is 2.27. The number of amides is 1. The molecule has 0 aliphatic rings. The Kier molecular flexibility index (Phi) is 4.79. The number of carbonyl (C=O) groups excluding carboxylic acids is 1. The first kappa shape index (κ1) is 12.5. The van der Waals surface area contributed by atoms with E-state index in [1.54, 1.807) is 0 Å². The Morgan fingerprint density at radius 3 is 2.56 bits per heavy atom. The second-order valence-corrected chi connectivity index (χ2v) is 3.57. The van der Waals surface area contributed by atoms with E-state index in [0.717, 1.165) is 11.3 Å². The van der Waals surface area contributed by atoms with Crippen LogP contribution in [-0.2, 0) is 4.79 Å². The van der Waals surface area contributed by atoms with Crippen molar-refractivity contribution in [3.8, 4) is 5.75 Å². The fraction of sp³-hybridized carbons (Fsp3) is 0.417. The van der Waals surface area contributed by atoms with E-state index in [1.807, 2.05) is 38.1 Å². The fourth-order valence-corrected chi connectivity index (χ4v) is 1.39. The lowest BCUT2D eigenvalue weighted by atomic mass is 10.1. The molecule has 0 heterocycles. The highest BCUT2D eigenvalue weighted by molar-refractivity contribution is 5.75. The van der Waals surface area contributed by atoms with Crippen molar-refractivity contribution in [1.29, 1.82) is 0 Å².